The Morgan fingerprint density at radius 2 is 2.12 bits per heavy atom. The maximum absolute atomic E-state index is 11.6. The molecule has 0 aromatic rings. The SMILES string of the molecule is CCOC(=O)C(=NOC)C1(CCl)OCCO1. The van der Waals surface area contributed by atoms with Crippen molar-refractivity contribution in [2.75, 3.05) is 32.8 Å². The Labute approximate surface area is 98.4 Å². The average molecular weight is 252 g/mol. The molecule has 0 aromatic heterocycles. The van der Waals surface area contributed by atoms with Gasteiger partial charge in [0.1, 0.15) is 7.11 Å². The number of carbonyl (C=O) groups excluding carboxylic acids is 1. The second kappa shape index (κ2) is 6.03. The molecule has 1 fully saturated rings. The summed E-state index contributed by atoms with van der Waals surface area (Å²) in [5, 5.41) is 3.58. The van der Waals surface area contributed by atoms with Gasteiger partial charge in [0.25, 0.3) is 0 Å². The Hall–Kier alpha value is -0.850. The van der Waals surface area contributed by atoms with Crippen LogP contribution in [0, 0.1) is 0 Å². The van der Waals surface area contributed by atoms with E-state index in [0.717, 1.165) is 0 Å². The highest BCUT2D eigenvalue weighted by Gasteiger charge is 2.46. The van der Waals surface area contributed by atoms with E-state index in [0.29, 0.717) is 13.2 Å². The normalized spacial score (nSPS) is 19.6. The summed E-state index contributed by atoms with van der Waals surface area (Å²) in [6, 6.07) is 0. The molecule has 92 valence electrons. The number of hydrogen-bond acceptors (Lipinski definition) is 6. The molecule has 6 nitrogen and oxygen atoms in total. The molecule has 0 atom stereocenters. The quantitative estimate of drug-likeness (QED) is 0.309. The molecule has 0 N–H and O–H groups in total. The lowest BCUT2D eigenvalue weighted by atomic mass is 10.2. The minimum absolute atomic E-state index is 0.0615. The van der Waals surface area contributed by atoms with Crippen molar-refractivity contribution in [2.45, 2.75) is 12.7 Å². The Morgan fingerprint density at radius 3 is 2.56 bits per heavy atom. The second-order valence-corrected chi connectivity index (χ2v) is 3.19. The zero-order chi connectivity index (χ0) is 12.0. The summed E-state index contributed by atoms with van der Waals surface area (Å²) in [5.41, 5.74) is -0.107. The molecule has 1 aliphatic rings. The Bertz CT molecular complexity index is 275. The highest BCUT2D eigenvalue weighted by atomic mass is 35.5. The van der Waals surface area contributed by atoms with Gasteiger partial charge in [0.15, 0.2) is 0 Å². The van der Waals surface area contributed by atoms with Crippen LogP contribution in [0.5, 0.6) is 0 Å². The number of oxime groups is 1. The summed E-state index contributed by atoms with van der Waals surface area (Å²) in [6.07, 6.45) is 0. The first-order valence-electron chi connectivity index (χ1n) is 4.82. The van der Waals surface area contributed by atoms with Crippen LogP contribution in [-0.2, 0) is 23.8 Å². The molecule has 1 aliphatic heterocycles. The van der Waals surface area contributed by atoms with Gasteiger partial charge in [0, 0.05) is 0 Å². The highest BCUT2D eigenvalue weighted by molar-refractivity contribution is 6.41. The van der Waals surface area contributed by atoms with Gasteiger partial charge in [-0.25, -0.2) is 4.79 Å². The Balaban J connectivity index is 2.91. The van der Waals surface area contributed by atoms with Gasteiger partial charge in [0.05, 0.1) is 25.7 Å². The third-order valence-corrected chi connectivity index (χ3v) is 2.29. The fraction of sp³-hybridized carbons (Fsp3) is 0.778. The number of nitrogens with zero attached hydrogens (tertiary/aromatic N) is 1. The lowest BCUT2D eigenvalue weighted by molar-refractivity contribution is -0.140. The molecule has 1 saturated heterocycles. The fourth-order valence-electron chi connectivity index (χ4n) is 1.28. The van der Waals surface area contributed by atoms with Gasteiger partial charge < -0.3 is 19.0 Å². The van der Waals surface area contributed by atoms with Crippen molar-refractivity contribution >= 4 is 23.3 Å². The van der Waals surface area contributed by atoms with E-state index in [1.54, 1.807) is 6.92 Å². The molecule has 1 heterocycles. The van der Waals surface area contributed by atoms with E-state index in [4.69, 9.17) is 25.8 Å². The van der Waals surface area contributed by atoms with Crippen LogP contribution in [0.2, 0.25) is 0 Å². The number of alkyl halides is 1. The maximum atomic E-state index is 11.6. The van der Waals surface area contributed by atoms with Gasteiger partial charge in [-0.05, 0) is 6.92 Å². The van der Waals surface area contributed by atoms with E-state index in [1.807, 2.05) is 0 Å². The van der Waals surface area contributed by atoms with Crippen molar-refractivity contribution in [3.8, 4) is 0 Å². The molecule has 0 bridgehead atoms. The van der Waals surface area contributed by atoms with Gasteiger partial charge in [-0.15, -0.1) is 11.6 Å². The second-order valence-electron chi connectivity index (χ2n) is 2.93. The molecular formula is C9H14ClNO5. The van der Waals surface area contributed by atoms with E-state index >= 15 is 0 Å². The molecule has 16 heavy (non-hydrogen) atoms. The largest absolute Gasteiger partial charge is 0.461 e. The van der Waals surface area contributed by atoms with Crippen LogP contribution in [0.4, 0.5) is 0 Å². The molecule has 0 radical (unpaired) electrons. The molecule has 0 amide bonds. The van der Waals surface area contributed by atoms with Crippen LogP contribution in [-0.4, -0.2) is 50.3 Å². The molecule has 7 heteroatoms. The average Bonchev–Trinajstić information content (AvgIpc) is 2.75. The number of halogens is 1. The first-order valence-corrected chi connectivity index (χ1v) is 5.36. The van der Waals surface area contributed by atoms with Gasteiger partial charge in [-0.1, -0.05) is 5.16 Å². The molecule has 0 unspecified atom stereocenters. The van der Waals surface area contributed by atoms with Crippen molar-refractivity contribution in [1.29, 1.82) is 0 Å². The van der Waals surface area contributed by atoms with Crippen LogP contribution < -0.4 is 0 Å². The van der Waals surface area contributed by atoms with Crippen LogP contribution >= 0.6 is 11.6 Å². The van der Waals surface area contributed by atoms with E-state index in [2.05, 4.69) is 9.99 Å². The van der Waals surface area contributed by atoms with Crippen LogP contribution in [0.1, 0.15) is 6.92 Å². The number of rotatable bonds is 5. The van der Waals surface area contributed by atoms with E-state index < -0.39 is 11.8 Å². The number of carbonyl (C=O) groups is 1. The minimum Gasteiger partial charge on any atom is -0.461 e. The number of esters is 1. The van der Waals surface area contributed by atoms with Gasteiger partial charge in [-0.3, -0.25) is 0 Å². The summed E-state index contributed by atoms with van der Waals surface area (Å²) in [5.74, 6) is -2.08. The van der Waals surface area contributed by atoms with E-state index in [9.17, 15) is 4.79 Å². The summed E-state index contributed by atoms with van der Waals surface area (Å²) in [4.78, 5) is 16.2. The predicted octanol–water partition coefficient (Wildman–Crippen LogP) is 0.534. The van der Waals surface area contributed by atoms with Gasteiger partial charge >= 0.3 is 5.97 Å². The zero-order valence-corrected chi connectivity index (χ0v) is 9.95. The number of ether oxygens (including phenoxy) is 3. The van der Waals surface area contributed by atoms with Crippen LogP contribution in [0.15, 0.2) is 5.16 Å². The molecule has 0 saturated carbocycles. The summed E-state index contributed by atoms with van der Waals surface area (Å²) < 4.78 is 15.4. The van der Waals surface area contributed by atoms with Crippen LogP contribution in [0.25, 0.3) is 0 Å². The van der Waals surface area contributed by atoms with Gasteiger partial charge in [0.2, 0.25) is 11.5 Å². The third-order valence-electron chi connectivity index (χ3n) is 1.94. The van der Waals surface area contributed by atoms with Crippen molar-refractivity contribution < 1.29 is 23.8 Å². The fourth-order valence-corrected chi connectivity index (χ4v) is 1.57. The first-order chi connectivity index (χ1) is 7.70. The van der Waals surface area contributed by atoms with Crippen molar-refractivity contribution in [2.24, 2.45) is 5.16 Å². The lowest BCUT2D eigenvalue weighted by Crippen LogP contribution is -2.47. The number of hydrogen-bond donors (Lipinski definition) is 0. The lowest BCUT2D eigenvalue weighted by Gasteiger charge is -2.24. The highest BCUT2D eigenvalue weighted by Crippen LogP contribution is 2.24. The third kappa shape index (κ3) is 2.63. The summed E-state index contributed by atoms with van der Waals surface area (Å²) in [7, 11) is 1.32. The minimum atomic E-state index is -1.36. The van der Waals surface area contributed by atoms with E-state index in [1.165, 1.54) is 7.11 Å². The molecule has 0 spiro atoms. The van der Waals surface area contributed by atoms with Crippen molar-refractivity contribution in [3.05, 3.63) is 0 Å². The first kappa shape index (κ1) is 13.2. The molecule has 0 aromatic carbocycles. The predicted molar refractivity (Wildman–Crippen MR) is 56.4 cm³/mol. The smallest absolute Gasteiger partial charge is 0.361 e. The van der Waals surface area contributed by atoms with Crippen LogP contribution in [0.3, 0.4) is 0 Å². The van der Waals surface area contributed by atoms with Crippen molar-refractivity contribution in [1.82, 2.24) is 0 Å². The monoisotopic (exact) mass is 251 g/mol. The van der Waals surface area contributed by atoms with E-state index in [-0.39, 0.29) is 18.2 Å². The molecule has 1 rings (SSSR count). The standard InChI is InChI=1S/C9H14ClNO5/c1-3-14-8(12)7(11-13-2)9(6-10)15-4-5-16-9/h3-6H2,1-2H3. The maximum Gasteiger partial charge on any atom is 0.361 e. The molecular weight excluding hydrogens is 238 g/mol. The molecule has 0 aliphatic carbocycles. The topological polar surface area (TPSA) is 66.4 Å². The zero-order valence-electron chi connectivity index (χ0n) is 9.19. The Kier molecular flexibility index (Phi) is 4.98. The van der Waals surface area contributed by atoms with Crippen molar-refractivity contribution in [3.63, 3.8) is 0 Å². The Morgan fingerprint density at radius 1 is 1.50 bits per heavy atom. The van der Waals surface area contributed by atoms with Gasteiger partial charge in [-0.2, -0.15) is 0 Å². The summed E-state index contributed by atoms with van der Waals surface area (Å²) >= 11 is 5.75. The summed E-state index contributed by atoms with van der Waals surface area (Å²) in [6.45, 7) is 2.59.